The number of hydrogen-bond donors (Lipinski definition) is 1. The third-order valence-electron chi connectivity index (χ3n) is 2.90. The van der Waals surface area contributed by atoms with Gasteiger partial charge in [-0.25, -0.2) is 8.78 Å². The fraction of sp³-hybridized carbons (Fsp3) is 0.133. The maximum Gasteiger partial charge on any atom is 0.162 e. The molecule has 21 heavy (non-hydrogen) atoms. The lowest BCUT2D eigenvalue weighted by Gasteiger charge is -2.18. The van der Waals surface area contributed by atoms with Gasteiger partial charge in [-0.05, 0) is 35.9 Å². The van der Waals surface area contributed by atoms with Gasteiger partial charge in [0.1, 0.15) is 19.0 Å². The molecule has 6 heteroatoms. The molecule has 0 aliphatic carbocycles. The van der Waals surface area contributed by atoms with Crippen molar-refractivity contribution in [3.05, 3.63) is 53.6 Å². The van der Waals surface area contributed by atoms with Crippen LogP contribution in [0.25, 0.3) is 0 Å². The lowest BCUT2D eigenvalue weighted by atomic mass is 10.2. The van der Waals surface area contributed by atoms with Gasteiger partial charge in [-0.1, -0.05) is 0 Å². The second-order valence-corrected chi connectivity index (χ2v) is 4.40. The second-order valence-electron chi connectivity index (χ2n) is 4.40. The SMILES string of the molecule is Fc1ccc(N/N=C/c2ccc3c(c2)OCCO3)c(F)c1. The summed E-state index contributed by atoms with van der Waals surface area (Å²) in [6, 6.07) is 8.60. The number of nitrogens with zero attached hydrogens (tertiary/aromatic N) is 1. The third-order valence-corrected chi connectivity index (χ3v) is 2.90. The molecule has 108 valence electrons. The van der Waals surface area contributed by atoms with E-state index in [1.165, 1.54) is 12.3 Å². The van der Waals surface area contributed by atoms with Gasteiger partial charge in [0.2, 0.25) is 0 Å². The molecule has 1 heterocycles. The van der Waals surface area contributed by atoms with Crippen LogP contribution < -0.4 is 14.9 Å². The fourth-order valence-electron chi connectivity index (χ4n) is 1.90. The van der Waals surface area contributed by atoms with Crippen LogP contribution in [0.15, 0.2) is 41.5 Å². The molecule has 1 aliphatic rings. The van der Waals surface area contributed by atoms with E-state index in [-0.39, 0.29) is 5.69 Å². The van der Waals surface area contributed by atoms with E-state index in [1.54, 1.807) is 18.2 Å². The minimum Gasteiger partial charge on any atom is -0.486 e. The summed E-state index contributed by atoms with van der Waals surface area (Å²) in [5, 5.41) is 3.92. The summed E-state index contributed by atoms with van der Waals surface area (Å²) in [7, 11) is 0. The van der Waals surface area contributed by atoms with Crippen molar-refractivity contribution in [3.63, 3.8) is 0 Å². The monoisotopic (exact) mass is 290 g/mol. The van der Waals surface area contributed by atoms with E-state index in [1.807, 2.05) is 0 Å². The summed E-state index contributed by atoms with van der Waals surface area (Å²) in [4.78, 5) is 0. The normalized spacial score (nSPS) is 13.4. The van der Waals surface area contributed by atoms with Crippen molar-refractivity contribution < 1.29 is 18.3 Å². The molecule has 3 rings (SSSR count). The molecule has 0 spiro atoms. The zero-order valence-electron chi connectivity index (χ0n) is 11.0. The molecule has 0 saturated carbocycles. The average molecular weight is 290 g/mol. The quantitative estimate of drug-likeness (QED) is 0.697. The van der Waals surface area contributed by atoms with Crippen LogP contribution in [-0.2, 0) is 0 Å². The maximum atomic E-state index is 13.4. The number of rotatable bonds is 3. The first-order valence-corrected chi connectivity index (χ1v) is 6.36. The van der Waals surface area contributed by atoms with E-state index in [0.717, 1.165) is 17.7 Å². The molecule has 0 unspecified atom stereocenters. The number of halogens is 2. The number of benzene rings is 2. The molecular formula is C15H12F2N2O2. The summed E-state index contributed by atoms with van der Waals surface area (Å²) in [5.74, 6) is 0.0114. The number of nitrogens with one attached hydrogen (secondary N) is 1. The van der Waals surface area contributed by atoms with E-state index in [2.05, 4.69) is 10.5 Å². The van der Waals surface area contributed by atoms with Crippen LogP contribution in [0.4, 0.5) is 14.5 Å². The molecule has 4 nitrogen and oxygen atoms in total. The number of ether oxygens (including phenoxy) is 2. The highest BCUT2D eigenvalue weighted by atomic mass is 19.1. The standard InChI is InChI=1S/C15H12F2N2O2/c16-11-2-3-13(12(17)8-11)19-18-9-10-1-4-14-15(7-10)21-6-5-20-14/h1-4,7-9,19H,5-6H2/b18-9+. The Morgan fingerprint density at radius 3 is 2.62 bits per heavy atom. The highest BCUT2D eigenvalue weighted by molar-refractivity contribution is 5.81. The zero-order valence-corrected chi connectivity index (χ0v) is 11.0. The van der Waals surface area contributed by atoms with E-state index in [4.69, 9.17) is 9.47 Å². The van der Waals surface area contributed by atoms with Gasteiger partial charge in [0, 0.05) is 6.07 Å². The highest BCUT2D eigenvalue weighted by Gasteiger charge is 2.10. The van der Waals surface area contributed by atoms with Crippen molar-refractivity contribution in [3.8, 4) is 11.5 Å². The molecule has 1 N–H and O–H groups in total. The molecular weight excluding hydrogens is 278 g/mol. The first-order valence-electron chi connectivity index (χ1n) is 6.36. The molecule has 1 aliphatic heterocycles. The molecule has 0 radical (unpaired) electrons. The molecule has 0 bridgehead atoms. The predicted molar refractivity (Wildman–Crippen MR) is 75.0 cm³/mol. The van der Waals surface area contributed by atoms with Gasteiger partial charge in [0.05, 0.1) is 11.9 Å². The first kappa shape index (κ1) is 13.4. The van der Waals surface area contributed by atoms with Crippen LogP contribution in [0.5, 0.6) is 11.5 Å². The third kappa shape index (κ3) is 3.10. The largest absolute Gasteiger partial charge is 0.486 e. The molecule has 0 aromatic heterocycles. The number of hydrogen-bond acceptors (Lipinski definition) is 4. The Kier molecular flexibility index (Phi) is 3.68. The molecule has 0 saturated heterocycles. The minimum atomic E-state index is -0.700. The van der Waals surface area contributed by atoms with Crippen LogP contribution in [0, 0.1) is 11.6 Å². The smallest absolute Gasteiger partial charge is 0.162 e. The fourth-order valence-corrected chi connectivity index (χ4v) is 1.90. The van der Waals surface area contributed by atoms with Crippen LogP contribution >= 0.6 is 0 Å². The summed E-state index contributed by atoms with van der Waals surface area (Å²) < 4.78 is 37.0. The van der Waals surface area contributed by atoms with Gasteiger partial charge >= 0.3 is 0 Å². The van der Waals surface area contributed by atoms with E-state index in [0.29, 0.717) is 24.7 Å². The van der Waals surface area contributed by atoms with E-state index in [9.17, 15) is 8.78 Å². The average Bonchev–Trinajstić information content (AvgIpc) is 2.49. The maximum absolute atomic E-state index is 13.4. The topological polar surface area (TPSA) is 42.9 Å². The highest BCUT2D eigenvalue weighted by Crippen LogP contribution is 2.30. The van der Waals surface area contributed by atoms with Crippen molar-refractivity contribution in [1.29, 1.82) is 0 Å². The molecule has 0 fully saturated rings. The van der Waals surface area contributed by atoms with Crippen molar-refractivity contribution in [2.45, 2.75) is 0 Å². The Morgan fingerprint density at radius 1 is 1.00 bits per heavy atom. The number of anilines is 1. The summed E-state index contributed by atoms with van der Waals surface area (Å²) in [6.07, 6.45) is 1.51. The Hall–Kier alpha value is -2.63. The van der Waals surface area contributed by atoms with Crippen molar-refractivity contribution in [2.75, 3.05) is 18.6 Å². The number of fused-ring (bicyclic) bond motifs is 1. The summed E-state index contributed by atoms with van der Waals surface area (Å²) >= 11 is 0. The minimum absolute atomic E-state index is 0.102. The van der Waals surface area contributed by atoms with Crippen LogP contribution in [0.2, 0.25) is 0 Å². The van der Waals surface area contributed by atoms with Crippen LogP contribution in [0.1, 0.15) is 5.56 Å². The van der Waals surface area contributed by atoms with E-state index < -0.39 is 11.6 Å². The lowest BCUT2D eigenvalue weighted by Crippen LogP contribution is -2.15. The molecule has 2 aromatic rings. The Labute approximate surface area is 120 Å². The molecule has 0 amide bonds. The van der Waals surface area contributed by atoms with Gasteiger partial charge in [-0.3, -0.25) is 5.43 Å². The Balaban J connectivity index is 1.71. The van der Waals surface area contributed by atoms with Crippen LogP contribution in [0.3, 0.4) is 0 Å². The van der Waals surface area contributed by atoms with Gasteiger partial charge in [0.25, 0.3) is 0 Å². The van der Waals surface area contributed by atoms with E-state index >= 15 is 0 Å². The van der Waals surface area contributed by atoms with Gasteiger partial charge in [-0.2, -0.15) is 5.10 Å². The Bertz CT molecular complexity index is 689. The molecule has 0 atom stereocenters. The first-order chi connectivity index (χ1) is 10.2. The summed E-state index contributed by atoms with van der Waals surface area (Å²) in [6.45, 7) is 1.04. The predicted octanol–water partition coefficient (Wildman–Crippen LogP) is 3.18. The Morgan fingerprint density at radius 2 is 1.81 bits per heavy atom. The van der Waals surface area contributed by atoms with Gasteiger partial charge < -0.3 is 9.47 Å². The lowest BCUT2D eigenvalue weighted by molar-refractivity contribution is 0.171. The van der Waals surface area contributed by atoms with Gasteiger partial charge in [-0.15, -0.1) is 0 Å². The van der Waals surface area contributed by atoms with Crippen molar-refractivity contribution in [1.82, 2.24) is 0 Å². The van der Waals surface area contributed by atoms with Gasteiger partial charge in [0.15, 0.2) is 17.3 Å². The second kappa shape index (κ2) is 5.78. The zero-order chi connectivity index (χ0) is 14.7. The van der Waals surface area contributed by atoms with Crippen molar-refractivity contribution in [2.24, 2.45) is 5.10 Å². The number of hydrazone groups is 1. The van der Waals surface area contributed by atoms with Crippen LogP contribution in [-0.4, -0.2) is 19.4 Å². The van der Waals surface area contributed by atoms with Crippen molar-refractivity contribution >= 4 is 11.9 Å². The molecule has 2 aromatic carbocycles. The summed E-state index contributed by atoms with van der Waals surface area (Å²) in [5.41, 5.74) is 3.40.